The van der Waals surface area contributed by atoms with Crippen molar-refractivity contribution < 1.29 is 20.1 Å². The first kappa shape index (κ1) is 20.5. The number of hydrogen-bond donors (Lipinski definition) is 3. The molecule has 144 valence electrons. The Morgan fingerprint density at radius 2 is 2.12 bits per heavy atom. The van der Waals surface area contributed by atoms with E-state index >= 15 is 0 Å². The van der Waals surface area contributed by atoms with Gasteiger partial charge in [0.2, 0.25) is 0 Å². The van der Waals surface area contributed by atoms with Gasteiger partial charge < -0.3 is 15.3 Å². The molecule has 0 amide bonds. The van der Waals surface area contributed by atoms with Crippen LogP contribution in [0.1, 0.15) is 56.6 Å². The van der Waals surface area contributed by atoms with Gasteiger partial charge in [-0.15, -0.1) is 6.58 Å². The molecule has 3 unspecified atom stereocenters. The second-order valence-electron chi connectivity index (χ2n) is 7.41. The Hall–Kier alpha value is -1.85. The molecule has 5 heteroatoms. The molecule has 1 aromatic carbocycles. The first-order chi connectivity index (χ1) is 12.3. The number of aromatic hydroxyl groups is 2. The van der Waals surface area contributed by atoms with Gasteiger partial charge in [-0.2, -0.15) is 0 Å². The topological polar surface area (TPSA) is 81.0 Å². The lowest BCUT2D eigenvalue weighted by Crippen LogP contribution is -2.57. The highest BCUT2D eigenvalue weighted by atomic mass is 16.3. The molecule has 0 heterocycles. The number of carbonyl (C=O) groups is 1. The van der Waals surface area contributed by atoms with Gasteiger partial charge in [0.05, 0.1) is 5.60 Å². The molecule has 1 aromatic rings. The maximum atomic E-state index is 12.2. The van der Waals surface area contributed by atoms with Crippen molar-refractivity contribution in [2.45, 2.75) is 64.0 Å². The van der Waals surface area contributed by atoms with Crippen LogP contribution in [0.25, 0.3) is 0 Å². The summed E-state index contributed by atoms with van der Waals surface area (Å²) in [6.45, 7) is 11.1. The maximum Gasteiger partial charge on any atom is 0.161 e. The highest BCUT2D eigenvalue weighted by Gasteiger charge is 2.49. The number of aryl methyl sites for hydroxylation is 1. The van der Waals surface area contributed by atoms with Gasteiger partial charge in [0.25, 0.3) is 0 Å². The van der Waals surface area contributed by atoms with Crippen molar-refractivity contribution in [2.75, 3.05) is 13.1 Å². The van der Waals surface area contributed by atoms with Crippen LogP contribution in [0.15, 0.2) is 24.8 Å². The Labute approximate surface area is 156 Å². The van der Waals surface area contributed by atoms with Gasteiger partial charge in [-0.1, -0.05) is 19.1 Å². The second kappa shape index (κ2) is 8.23. The van der Waals surface area contributed by atoms with Gasteiger partial charge in [0, 0.05) is 36.9 Å². The summed E-state index contributed by atoms with van der Waals surface area (Å²) < 4.78 is 0. The van der Waals surface area contributed by atoms with Crippen molar-refractivity contribution in [1.82, 2.24) is 4.90 Å². The van der Waals surface area contributed by atoms with E-state index in [2.05, 4.69) is 18.4 Å². The SMILES string of the molecule is C=CCN(CCC)C(C)C1(O)CCC(=O)CC1c1c(C)ccc(O)c1O. The molecule has 3 atom stereocenters. The zero-order valence-electron chi connectivity index (χ0n) is 16.0. The molecule has 1 fully saturated rings. The number of benzene rings is 1. The minimum atomic E-state index is -1.18. The van der Waals surface area contributed by atoms with E-state index < -0.39 is 11.5 Å². The summed E-state index contributed by atoms with van der Waals surface area (Å²) in [5, 5.41) is 32.2. The van der Waals surface area contributed by atoms with Crippen LogP contribution in [0.4, 0.5) is 0 Å². The molecule has 5 nitrogen and oxygen atoms in total. The second-order valence-corrected chi connectivity index (χ2v) is 7.41. The molecule has 0 aliphatic heterocycles. The summed E-state index contributed by atoms with van der Waals surface area (Å²) in [5.41, 5.74) is 0.0566. The van der Waals surface area contributed by atoms with Gasteiger partial charge >= 0.3 is 0 Å². The number of rotatable bonds is 7. The number of aliphatic hydroxyl groups is 1. The molecule has 0 saturated heterocycles. The molecular weight excluding hydrogens is 330 g/mol. The van der Waals surface area contributed by atoms with E-state index in [9.17, 15) is 20.1 Å². The zero-order chi connectivity index (χ0) is 19.5. The number of Topliss-reactive ketones (excluding diaryl/α,β-unsaturated/α-hetero) is 1. The third-order valence-electron chi connectivity index (χ3n) is 5.75. The molecule has 0 aromatic heterocycles. The van der Waals surface area contributed by atoms with Crippen LogP contribution in [0.5, 0.6) is 11.5 Å². The van der Waals surface area contributed by atoms with Crippen LogP contribution in [-0.4, -0.2) is 50.7 Å². The van der Waals surface area contributed by atoms with Crippen LogP contribution in [-0.2, 0) is 4.79 Å². The Balaban J connectivity index is 2.52. The lowest BCUT2D eigenvalue weighted by Gasteiger charge is -2.48. The first-order valence-corrected chi connectivity index (χ1v) is 9.36. The van der Waals surface area contributed by atoms with Crippen molar-refractivity contribution >= 4 is 5.78 Å². The average Bonchev–Trinajstić information content (AvgIpc) is 2.61. The van der Waals surface area contributed by atoms with Crippen molar-refractivity contribution in [3.63, 3.8) is 0 Å². The van der Waals surface area contributed by atoms with Crippen LogP contribution in [0, 0.1) is 6.92 Å². The Morgan fingerprint density at radius 3 is 2.73 bits per heavy atom. The fourth-order valence-corrected chi connectivity index (χ4v) is 4.22. The number of phenolic OH excluding ortho intramolecular Hbond substituents is 2. The number of ketones is 1. The molecule has 0 radical (unpaired) electrons. The molecule has 0 bridgehead atoms. The van der Waals surface area contributed by atoms with Crippen molar-refractivity contribution in [1.29, 1.82) is 0 Å². The summed E-state index contributed by atoms with van der Waals surface area (Å²) >= 11 is 0. The van der Waals surface area contributed by atoms with Crippen LogP contribution in [0.3, 0.4) is 0 Å². The van der Waals surface area contributed by atoms with Crippen LogP contribution < -0.4 is 0 Å². The van der Waals surface area contributed by atoms with E-state index in [1.807, 2.05) is 19.9 Å². The van der Waals surface area contributed by atoms with Gasteiger partial charge in [0.15, 0.2) is 11.5 Å². The van der Waals surface area contributed by atoms with Gasteiger partial charge in [-0.3, -0.25) is 9.69 Å². The maximum absolute atomic E-state index is 12.2. The lowest BCUT2D eigenvalue weighted by atomic mass is 9.67. The summed E-state index contributed by atoms with van der Waals surface area (Å²) in [6.07, 6.45) is 3.57. The fraction of sp³-hybridized carbons (Fsp3) is 0.571. The smallest absolute Gasteiger partial charge is 0.161 e. The standard InChI is InChI=1S/C21H31NO4/c1-5-11-22(12-6-2)15(4)21(26)10-9-16(23)13-17(21)19-14(3)7-8-18(24)20(19)25/h5,7-8,15,17,24-26H,1,6,9-13H2,2-4H3. The van der Waals surface area contributed by atoms with Gasteiger partial charge in [-0.05, 0) is 44.9 Å². The van der Waals surface area contributed by atoms with E-state index in [-0.39, 0.29) is 29.7 Å². The minimum Gasteiger partial charge on any atom is -0.504 e. The normalized spacial score (nSPS) is 24.7. The highest BCUT2D eigenvalue weighted by Crippen LogP contribution is 2.48. The number of hydrogen-bond acceptors (Lipinski definition) is 5. The van der Waals surface area contributed by atoms with Gasteiger partial charge in [-0.25, -0.2) is 0 Å². The predicted molar refractivity (Wildman–Crippen MR) is 103 cm³/mol. The Kier molecular flexibility index (Phi) is 6.48. The molecule has 1 saturated carbocycles. The summed E-state index contributed by atoms with van der Waals surface area (Å²) in [6, 6.07) is 2.92. The number of phenols is 2. The third-order valence-corrected chi connectivity index (χ3v) is 5.75. The molecule has 1 aliphatic carbocycles. The quantitative estimate of drug-likeness (QED) is 0.513. The van der Waals surface area contributed by atoms with Crippen molar-refractivity contribution in [3.05, 3.63) is 35.9 Å². The summed E-state index contributed by atoms with van der Waals surface area (Å²) in [5.74, 6) is -0.953. The lowest BCUT2D eigenvalue weighted by molar-refractivity contribution is -0.132. The molecule has 0 spiro atoms. The van der Waals surface area contributed by atoms with E-state index in [4.69, 9.17) is 0 Å². The zero-order valence-corrected chi connectivity index (χ0v) is 16.0. The molecule has 3 N–H and O–H groups in total. The molecule has 2 rings (SSSR count). The van der Waals surface area contributed by atoms with E-state index in [1.165, 1.54) is 6.07 Å². The summed E-state index contributed by atoms with van der Waals surface area (Å²) in [7, 11) is 0. The number of nitrogens with zero attached hydrogens (tertiary/aromatic N) is 1. The van der Waals surface area contributed by atoms with Crippen LogP contribution in [0.2, 0.25) is 0 Å². The average molecular weight is 361 g/mol. The number of carbonyl (C=O) groups excluding carboxylic acids is 1. The molecule has 26 heavy (non-hydrogen) atoms. The van der Waals surface area contributed by atoms with Crippen LogP contribution >= 0.6 is 0 Å². The Bertz CT molecular complexity index is 672. The van der Waals surface area contributed by atoms with Gasteiger partial charge in [0.1, 0.15) is 5.78 Å². The fourth-order valence-electron chi connectivity index (χ4n) is 4.22. The largest absolute Gasteiger partial charge is 0.504 e. The minimum absolute atomic E-state index is 0.0692. The third kappa shape index (κ3) is 3.79. The van der Waals surface area contributed by atoms with Crippen molar-refractivity contribution in [3.8, 4) is 11.5 Å². The highest BCUT2D eigenvalue weighted by molar-refractivity contribution is 5.81. The predicted octanol–water partition coefficient (Wildman–Crippen LogP) is 3.26. The summed E-state index contributed by atoms with van der Waals surface area (Å²) in [4.78, 5) is 14.4. The molecular formula is C21H31NO4. The van der Waals surface area contributed by atoms with Crippen molar-refractivity contribution in [2.24, 2.45) is 0 Å². The van der Waals surface area contributed by atoms with E-state index in [0.717, 1.165) is 18.5 Å². The Morgan fingerprint density at radius 1 is 1.42 bits per heavy atom. The molecule has 1 aliphatic rings. The monoisotopic (exact) mass is 361 g/mol. The first-order valence-electron chi connectivity index (χ1n) is 9.36. The van der Waals surface area contributed by atoms with E-state index in [0.29, 0.717) is 24.9 Å². The van der Waals surface area contributed by atoms with E-state index in [1.54, 1.807) is 6.07 Å².